The number of aromatic hydroxyl groups is 2. The van der Waals surface area contributed by atoms with Crippen LogP contribution in [-0.4, -0.2) is 25.7 Å². The summed E-state index contributed by atoms with van der Waals surface area (Å²) in [5.41, 5.74) is 0.982. The normalized spacial score (nSPS) is 10.8. The molecule has 0 aliphatic carbocycles. The minimum atomic E-state index is -0.448. The van der Waals surface area contributed by atoms with Crippen molar-refractivity contribution in [2.75, 3.05) is 0 Å². The van der Waals surface area contributed by atoms with Gasteiger partial charge in [-0.25, -0.2) is 0 Å². The van der Waals surface area contributed by atoms with E-state index < -0.39 is 11.3 Å². The van der Waals surface area contributed by atoms with Crippen LogP contribution in [0.4, 0.5) is 0 Å². The van der Waals surface area contributed by atoms with Crippen LogP contribution < -0.4 is 5.43 Å². The van der Waals surface area contributed by atoms with Crippen LogP contribution in [0.2, 0.25) is 0 Å². The second-order valence-corrected chi connectivity index (χ2v) is 6.00. The highest BCUT2D eigenvalue weighted by atomic mass is 16.3. The van der Waals surface area contributed by atoms with Crippen molar-refractivity contribution in [2.45, 2.75) is 0 Å². The smallest absolute Gasteiger partial charge is 0.264 e. The third-order valence-corrected chi connectivity index (χ3v) is 4.26. The Morgan fingerprint density at radius 3 is 2.44 bits per heavy atom. The number of phenolic OH excluding ortho intramolecular Hbond substituents is 2. The molecule has 6 heteroatoms. The summed E-state index contributed by atoms with van der Waals surface area (Å²) in [4.78, 5) is 29.9. The molecule has 2 heterocycles. The first-order valence-electron chi connectivity index (χ1n) is 8.18. The first-order valence-corrected chi connectivity index (χ1v) is 8.18. The number of carbonyl (C=O) groups excluding carboxylic acids is 1. The zero-order valence-corrected chi connectivity index (χ0v) is 14.0. The molecule has 0 unspecified atom stereocenters. The number of aromatic nitrogens is 2. The summed E-state index contributed by atoms with van der Waals surface area (Å²) in [6.07, 6.45) is 2.97. The van der Waals surface area contributed by atoms with Gasteiger partial charge in [-0.15, -0.1) is 0 Å². The van der Waals surface area contributed by atoms with Crippen molar-refractivity contribution in [2.24, 2.45) is 0 Å². The van der Waals surface area contributed by atoms with Crippen LogP contribution in [0.25, 0.3) is 22.2 Å². The first-order chi connectivity index (χ1) is 13.1. The van der Waals surface area contributed by atoms with Gasteiger partial charge in [0.25, 0.3) is 5.91 Å². The molecule has 6 nitrogen and oxygen atoms in total. The van der Waals surface area contributed by atoms with E-state index in [1.54, 1.807) is 42.6 Å². The van der Waals surface area contributed by atoms with Crippen LogP contribution in [0.1, 0.15) is 10.4 Å². The van der Waals surface area contributed by atoms with Gasteiger partial charge in [0, 0.05) is 30.6 Å². The van der Waals surface area contributed by atoms with E-state index in [4.69, 9.17) is 0 Å². The molecule has 0 saturated heterocycles. The minimum absolute atomic E-state index is 0.0373. The number of pyridine rings is 2. The van der Waals surface area contributed by atoms with Gasteiger partial charge in [-0.05, 0) is 17.7 Å². The molecule has 27 heavy (non-hydrogen) atoms. The van der Waals surface area contributed by atoms with Crippen molar-refractivity contribution in [1.82, 2.24) is 9.55 Å². The predicted octanol–water partition coefficient (Wildman–Crippen LogP) is 3.16. The van der Waals surface area contributed by atoms with Gasteiger partial charge in [-0.2, -0.15) is 0 Å². The fourth-order valence-electron chi connectivity index (χ4n) is 3.08. The van der Waals surface area contributed by atoms with E-state index in [1.165, 1.54) is 22.9 Å². The largest absolute Gasteiger partial charge is 0.508 e. The van der Waals surface area contributed by atoms with E-state index in [1.807, 2.05) is 6.07 Å². The fourth-order valence-corrected chi connectivity index (χ4v) is 3.08. The van der Waals surface area contributed by atoms with Crippen LogP contribution in [0.3, 0.4) is 0 Å². The molecule has 0 bridgehead atoms. The van der Waals surface area contributed by atoms with Crippen molar-refractivity contribution < 1.29 is 15.0 Å². The molecule has 0 amide bonds. The van der Waals surface area contributed by atoms with E-state index in [2.05, 4.69) is 4.98 Å². The topological polar surface area (TPSA) is 92.4 Å². The Morgan fingerprint density at radius 1 is 0.963 bits per heavy atom. The van der Waals surface area contributed by atoms with Crippen LogP contribution in [0.15, 0.2) is 77.9 Å². The summed E-state index contributed by atoms with van der Waals surface area (Å²) in [5, 5.41) is 20.1. The highest BCUT2D eigenvalue weighted by Crippen LogP contribution is 2.31. The molecule has 4 aromatic rings. The molecule has 132 valence electrons. The van der Waals surface area contributed by atoms with Crippen molar-refractivity contribution in [1.29, 1.82) is 0 Å². The number of benzene rings is 2. The maximum atomic E-state index is 13.2. The zero-order chi connectivity index (χ0) is 19.0. The quantitative estimate of drug-likeness (QED) is 0.574. The van der Waals surface area contributed by atoms with Crippen molar-refractivity contribution in [3.63, 3.8) is 0 Å². The molecule has 0 atom stereocenters. The lowest BCUT2D eigenvalue weighted by molar-refractivity contribution is 0.0966. The Kier molecular flexibility index (Phi) is 3.93. The minimum Gasteiger partial charge on any atom is -0.508 e. The molecule has 2 aromatic heterocycles. The monoisotopic (exact) mass is 358 g/mol. The average molecular weight is 358 g/mol. The SMILES string of the molecule is O=C(c1cccnc1)n1c(-c2ccccc2)cc(=O)c2c(O)cc(O)cc21. The molecular formula is C21H14N2O4. The van der Waals surface area contributed by atoms with E-state index >= 15 is 0 Å². The summed E-state index contributed by atoms with van der Waals surface area (Å²) >= 11 is 0. The molecule has 0 aliphatic heterocycles. The third-order valence-electron chi connectivity index (χ3n) is 4.26. The van der Waals surface area contributed by atoms with Crippen molar-refractivity contribution in [3.05, 3.63) is 88.8 Å². The second-order valence-electron chi connectivity index (χ2n) is 6.00. The fraction of sp³-hybridized carbons (Fsp3) is 0. The zero-order valence-electron chi connectivity index (χ0n) is 14.0. The first kappa shape index (κ1) is 16.5. The van der Waals surface area contributed by atoms with Crippen LogP contribution in [0, 0.1) is 0 Å². The lowest BCUT2D eigenvalue weighted by atomic mass is 10.1. The predicted molar refractivity (Wildman–Crippen MR) is 101 cm³/mol. The van der Waals surface area contributed by atoms with E-state index in [-0.39, 0.29) is 22.4 Å². The Labute approximate surface area is 153 Å². The highest BCUT2D eigenvalue weighted by Gasteiger charge is 2.20. The van der Waals surface area contributed by atoms with Crippen LogP contribution in [0.5, 0.6) is 11.5 Å². The van der Waals surface area contributed by atoms with Gasteiger partial charge >= 0.3 is 0 Å². The highest BCUT2D eigenvalue weighted by molar-refractivity contribution is 6.05. The maximum absolute atomic E-state index is 13.2. The standard InChI is InChI=1S/C21H14N2O4/c24-15-9-17-20(18(25)10-15)19(26)11-16(13-5-2-1-3-6-13)23(17)21(27)14-7-4-8-22-12-14/h1-12,24-25H. The number of hydrogen-bond acceptors (Lipinski definition) is 5. The Bertz CT molecular complexity index is 1220. The van der Waals surface area contributed by atoms with Crippen molar-refractivity contribution in [3.8, 4) is 22.8 Å². The van der Waals surface area contributed by atoms with Crippen LogP contribution >= 0.6 is 0 Å². The number of carbonyl (C=O) groups is 1. The number of rotatable bonds is 2. The van der Waals surface area contributed by atoms with Gasteiger partial charge in [-0.1, -0.05) is 30.3 Å². The maximum Gasteiger partial charge on any atom is 0.264 e. The van der Waals surface area contributed by atoms with Crippen molar-refractivity contribution >= 4 is 16.8 Å². The van der Waals surface area contributed by atoms with E-state index in [0.29, 0.717) is 16.8 Å². The lowest BCUT2D eigenvalue weighted by Crippen LogP contribution is -2.19. The Morgan fingerprint density at radius 2 is 1.74 bits per heavy atom. The Balaban J connectivity index is 2.14. The number of phenols is 2. The molecule has 2 aromatic carbocycles. The van der Waals surface area contributed by atoms with Gasteiger partial charge in [0.05, 0.1) is 22.2 Å². The molecule has 4 rings (SSSR count). The summed E-state index contributed by atoms with van der Waals surface area (Å²) in [6.45, 7) is 0. The number of hydrogen-bond donors (Lipinski definition) is 2. The molecule has 0 spiro atoms. The van der Waals surface area contributed by atoms with E-state index in [9.17, 15) is 19.8 Å². The molecule has 0 saturated carbocycles. The molecule has 0 radical (unpaired) electrons. The number of fused-ring (bicyclic) bond motifs is 1. The summed E-state index contributed by atoms with van der Waals surface area (Å²) in [5.74, 6) is -1.07. The molecular weight excluding hydrogens is 344 g/mol. The molecule has 0 aliphatic rings. The van der Waals surface area contributed by atoms with E-state index in [0.717, 1.165) is 6.07 Å². The summed E-state index contributed by atoms with van der Waals surface area (Å²) in [6, 6.07) is 15.9. The second kappa shape index (κ2) is 6.42. The van der Waals surface area contributed by atoms with Gasteiger partial charge < -0.3 is 10.2 Å². The van der Waals surface area contributed by atoms with Crippen LogP contribution in [-0.2, 0) is 0 Å². The lowest BCUT2D eigenvalue weighted by Gasteiger charge is -2.16. The third kappa shape index (κ3) is 2.83. The van der Waals surface area contributed by atoms with Gasteiger partial charge in [0.2, 0.25) is 0 Å². The average Bonchev–Trinajstić information content (AvgIpc) is 2.68. The summed E-state index contributed by atoms with van der Waals surface area (Å²) < 4.78 is 1.31. The molecule has 0 fully saturated rings. The Hall–Kier alpha value is -3.93. The van der Waals surface area contributed by atoms with Gasteiger partial charge in [-0.3, -0.25) is 19.1 Å². The molecule has 2 N–H and O–H groups in total. The summed E-state index contributed by atoms with van der Waals surface area (Å²) in [7, 11) is 0. The number of nitrogens with zero attached hydrogens (tertiary/aromatic N) is 2. The van der Waals surface area contributed by atoms with Gasteiger partial charge in [0.15, 0.2) is 5.43 Å². The van der Waals surface area contributed by atoms with Gasteiger partial charge in [0.1, 0.15) is 11.5 Å².